The molecular weight excluding hydrogens is 444 g/mol. The number of fused-ring (bicyclic) bond motifs is 1. The second-order valence-electron chi connectivity index (χ2n) is 7.29. The maximum atomic E-state index is 12.9. The predicted molar refractivity (Wildman–Crippen MR) is 125 cm³/mol. The van der Waals surface area contributed by atoms with Gasteiger partial charge in [-0.1, -0.05) is 49.2 Å². The van der Waals surface area contributed by atoms with Crippen LogP contribution in [0.5, 0.6) is 0 Å². The van der Waals surface area contributed by atoms with Gasteiger partial charge in [-0.3, -0.25) is 9.59 Å². The highest BCUT2D eigenvalue weighted by atomic mass is 35.5. The number of aromatic nitrogens is 2. The van der Waals surface area contributed by atoms with Crippen molar-refractivity contribution in [1.29, 1.82) is 5.26 Å². The van der Waals surface area contributed by atoms with E-state index >= 15 is 0 Å². The van der Waals surface area contributed by atoms with Crippen LogP contribution in [-0.2, 0) is 16.1 Å². The van der Waals surface area contributed by atoms with Crippen LogP contribution in [0, 0.1) is 11.3 Å². The molecule has 3 rings (SSSR count). The number of nitriles is 1. The molecule has 0 saturated carbocycles. The molecule has 0 aliphatic heterocycles. The van der Waals surface area contributed by atoms with Crippen LogP contribution in [0.4, 0.5) is 5.69 Å². The quantitative estimate of drug-likeness (QED) is 0.442. The van der Waals surface area contributed by atoms with Gasteiger partial charge in [0.25, 0.3) is 11.5 Å². The number of halogens is 1. The second-order valence-corrected chi connectivity index (χ2v) is 7.72. The molecule has 0 N–H and O–H groups in total. The average Bonchev–Trinajstić information content (AvgIpc) is 2.82. The number of rotatable bonds is 9. The van der Waals surface area contributed by atoms with Crippen molar-refractivity contribution in [2.24, 2.45) is 0 Å². The van der Waals surface area contributed by atoms with Gasteiger partial charge in [0, 0.05) is 29.2 Å². The van der Waals surface area contributed by atoms with E-state index in [9.17, 15) is 14.4 Å². The van der Waals surface area contributed by atoms with Crippen LogP contribution < -0.4 is 10.5 Å². The van der Waals surface area contributed by atoms with Gasteiger partial charge in [0.1, 0.15) is 0 Å². The van der Waals surface area contributed by atoms with Crippen LogP contribution in [0.1, 0.15) is 36.7 Å². The van der Waals surface area contributed by atoms with Crippen molar-refractivity contribution in [2.75, 3.05) is 18.1 Å². The molecule has 0 radical (unpaired) electrons. The van der Waals surface area contributed by atoms with E-state index in [1.165, 1.54) is 9.58 Å². The number of carbonyl (C=O) groups excluding carboxylic acids is 2. The number of benzene rings is 2. The van der Waals surface area contributed by atoms with E-state index in [-0.39, 0.29) is 24.2 Å². The Morgan fingerprint density at radius 2 is 1.94 bits per heavy atom. The molecule has 1 aromatic heterocycles. The highest BCUT2D eigenvalue weighted by Gasteiger charge is 2.22. The van der Waals surface area contributed by atoms with E-state index in [0.717, 1.165) is 12.8 Å². The van der Waals surface area contributed by atoms with Gasteiger partial charge >= 0.3 is 5.97 Å². The molecule has 3 aromatic rings. The molecule has 0 bridgehead atoms. The molecule has 170 valence electrons. The van der Waals surface area contributed by atoms with Gasteiger partial charge < -0.3 is 9.64 Å². The maximum absolute atomic E-state index is 12.9. The van der Waals surface area contributed by atoms with Gasteiger partial charge in [0.2, 0.25) is 0 Å². The third-order valence-electron chi connectivity index (χ3n) is 4.98. The number of ether oxygens (including phenoxy) is 1. The van der Waals surface area contributed by atoms with Crippen LogP contribution in [-0.4, -0.2) is 34.8 Å². The molecule has 0 aliphatic rings. The average molecular weight is 467 g/mol. The highest BCUT2D eigenvalue weighted by molar-refractivity contribution is 6.30. The SMILES string of the molecule is CCCCn1nc(C(=O)OCC(=O)N(CCC#N)c2cccc(Cl)c2)c2ccccc2c1=O. The molecule has 0 aliphatic carbocycles. The molecule has 33 heavy (non-hydrogen) atoms. The highest BCUT2D eigenvalue weighted by Crippen LogP contribution is 2.20. The van der Waals surface area contributed by atoms with E-state index in [1.807, 2.05) is 13.0 Å². The minimum Gasteiger partial charge on any atom is -0.451 e. The zero-order valence-electron chi connectivity index (χ0n) is 18.2. The summed E-state index contributed by atoms with van der Waals surface area (Å²) in [4.78, 5) is 39.8. The topological polar surface area (TPSA) is 105 Å². The lowest BCUT2D eigenvalue weighted by molar-refractivity contribution is -0.121. The van der Waals surface area contributed by atoms with Crippen LogP contribution in [0.25, 0.3) is 10.8 Å². The van der Waals surface area contributed by atoms with Crippen LogP contribution in [0.15, 0.2) is 53.3 Å². The summed E-state index contributed by atoms with van der Waals surface area (Å²) in [5, 5.41) is 14.3. The fourth-order valence-electron chi connectivity index (χ4n) is 3.32. The van der Waals surface area contributed by atoms with Gasteiger partial charge in [-0.25, -0.2) is 9.48 Å². The van der Waals surface area contributed by atoms with E-state index in [0.29, 0.717) is 28.0 Å². The standard InChI is InChI=1S/C24H23ClN4O4/c1-2-3-14-29-23(31)20-11-5-4-10-19(20)22(27-29)24(32)33-16-21(30)28(13-7-12-26)18-9-6-8-17(25)15-18/h4-6,8-11,15H,2-3,7,13-14,16H2,1H3. The zero-order chi connectivity index (χ0) is 23.8. The number of unbranched alkanes of at least 4 members (excludes halogenated alkanes) is 1. The van der Waals surface area contributed by atoms with Crippen molar-refractivity contribution in [3.63, 3.8) is 0 Å². The Morgan fingerprint density at radius 1 is 1.18 bits per heavy atom. The van der Waals surface area contributed by atoms with Crippen LogP contribution >= 0.6 is 11.6 Å². The maximum Gasteiger partial charge on any atom is 0.359 e. The summed E-state index contributed by atoms with van der Waals surface area (Å²) >= 11 is 6.03. The van der Waals surface area contributed by atoms with Gasteiger partial charge in [0.15, 0.2) is 12.3 Å². The predicted octanol–water partition coefficient (Wildman–Crippen LogP) is 3.95. The molecule has 9 heteroatoms. The van der Waals surface area contributed by atoms with E-state index in [2.05, 4.69) is 5.10 Å². The molecule has 0 fully saturated rings. The van der Waals surface area contributed by atoms with Crippen LogP contribution in [0.3, 0.4) is 0 Å². The first-order valence-electron chi connectivity index (χ1n) is 10.6. The molecule has 0 saturated heterocycles. The molecule has 0 atom stereocenters. The molecular formula is C24H23ClN4O4. The zero-order valence-corrected chi connectivity index (χ0v) is 18.9. The summed E-state index contributed by atoms with van der Waals surface area (Å²) in [6.07, 6.45) is 1.68. The minimum absolute atomic E-state index is 0.0274. The van der Waals surface area contributed by atoms with Gasteiger partial charge in [-0.2, -0.15) is 10.4 Å². The number of hydrogen-bond donors (Lipinski definition) is 0. The summed E-state index contributed by atoms with van der Waals surface area (Å²) in [6, 6.07) is 15.3. The molecule has 0 unspecified atom stereocenters. The normalized spacial score (nSPS) is 10.6. The summed E-state index contributed by atoms with van der Waals surface area (Å²) in [5.41, 5.74) is 0.186. The Labute approximate surface area is 195 Å². The van der Waals surface area contributed by atoms with Crippen LogP contribution in [0.2, 0.25) is 5.02 Å². The summed E-state index contributed by atoms with van der Waals surface area (Å²) in [7, 11) is 0. The van der Waals surface area contributed by atoms with E-state index in [1.54, 1.807) is 48.5 Å². The fourth-order valence-corrected chi connectivity index (χ4v) is 3.51. The number of anilines is 1. The first-order chi connectivity index (χ1) is 16.0. The van der Waals surface area contributed by atoms with Crippen molar-refractivity contribution in [1.82, 2.24) is 9.78 Å². The fraction of sp³-hybridized carbons (Fsp3) is 0.292. The first kappa shape index (κ1) is 24.0. The Balaban J connectivity index is 1.84. The van der Waals surface area contributed by atoms with E-state index in [4.69, 9.17) is 21.6 Å². The molecule has 2 aromatic carbocycles. The lowest BCUT2D eigenvalue weighted by Crippen LogP contribution is -2.36. The van der Waals surface area contributed by atoms with Crippen molar-refractivity contribution < 1.29 is 14.3 Å². The largest absolute Gasteiger partial charge is 0.451 e. The molecule has 1 heterocycles. The summed E-state index contributed by atoms with van der Waals surface area (Å²) < 4.78 is 6.55. The number of nitrogens with zero attached hydrogens (tertiary/aromatic N) is 4. The lowest BCUT2D eigenvalue weighted by atomic mass is 10.1. The summed E-state index contributed by atoms with van der Waals surface area (Å²) in [5.74, 6) is -1.32. The Morgan fingerprint density at radius 3 is 2.64 bits per heavy atom. The van der Waals surface area contributed by atoms with Crippen molar-refractivity contribution in [3.05, 3.63) is 69.6 Å². The summed E-state index contributed by atoms with van der Waals surface area (Å²) in [6.45, 7) is 1.93. The Hall–Kier alpha value is -3.70. The van der Waals surface area contributed by atoms with Crippen molar-refractivity contribution >= 4 is 39.9 Å². The van der Waals surface area contributed by atoms with Gasteiger partial charge in [-0.05, 0) is 30.7 Å². The number of aryl methyl sites for hydroxylation is 1. The first-order valence-corrected chi connectivity index (χ1v) is 10.9. The third-order valence-corrected chi connectivity index (χ3v) is 5.21. The van der Waals surface area contributed by atoms with Gasteiger partial charge in [-0.15, -0.1) is 0 Å². The second kappa shape index (κ2) is 11.2. The van der Waals surface area contributed by atoms with Gasteiger partial charge in [0.05, 0.1) is 17.9 Å². The molecule has 0 spiro atoms. The Bertz CT molecular complexity index is 1270. The smallest absolute Gasteiger partial charge is 0.359 e. The molecule has 8 nitrogen and oxygen atoms in total. The molecule has 1 amide bonds. The number of hydrogen-bond acceptors (Lipinski definition) is 6. The number of carbonyl (C=O) groups is 2. The third kappa shape index (κ3) is 5.76. The number of amides is 1. The minimum atomic E-state index is -0.809. The van der Waals surface area contributed by atoms with E-state index < -0.39 is 18.5 Å². The number of esters is 1. The lowest BCUT2D eigenvalue weighted by Gasteiger charge is -2.22. The van der Waals surface area contributed by atoms with Crippen molar-refractivity contribution in [2.45, 2.75) is 32.7 Å². The monoisotopic (exact) mass is 466 g/mol. The van der Waals surface area contributed by atoms with Crippen molar-refractivity contribution in [3.8, 4) is 6.07 Å². The Kier molecular flexibility index (Phi) is 8.17.